The Morgan fingerprint density at radius 3 is 2.09 bits per heavy atom. The van der Waals surface area contributed by atoms with Gasteiger partial charge in [0.05, 0.1) is 0 Å². The average molecular weight is 266 g/mol. The number of aromatic hydroxyl groups is 3. The van der Waals surface area contributed by atoms with Crippen molar-refractivity contribution in [1.29, 1.82) is 0 Å². The highest BCUT2D eigenvalue weighted by molar-refractivity contribution is 14.1. The Morgan fingerprint density at radius 1 is 1.00 bits per heavy atom. The van der Waals surface area contributed by atoms with E-state index in [1.807, 2.05) is 0 Å². The van der Waals surface area contributed by atoms with Gasteiger partial charge in [-0.3, -0.25) is 0 Å². The SMILES string of the molecule is Oc1cc(O)c(CI)cc1O. The van der Waals surface area contributed by atoms with Crippen LogP contribution in [-0.2, 0) is 4.43 Å². The van der Waals surface area contributed by atoms with Crippen LogP contribution in [0.2, 0.25) is 0 Å². The van der Waals surface area contributed by atoms with E-state index >= 15 is 0 Å². The third-order valence-electron chi connectivity index (χ3n) is 1.32. The zero-order valence-electron chi connectivity index (χ0n) is 5.58. The Balaban J connectivity index is 3.21. The first-order valence-corrected chi connectivity index (χ1v) is 4.47. The first-order chi connectivity index (χ1) is 5.15. The summed E-state index contributed by atoms with van der Waals surface area (Å²) in [5, 5.41) is 27.0. The molecule has 0 aliphatic heterocycles. The van der Waals surface area contributed by atoms with E-state index in [0.717, 1.165) is 6.07 Å². The van der Waals surface area contributed by atoms with Crippen LogP contribution in [0.4, 0.5) is 0 Å². The lowest BCUT2D eigenvalue weighted by atomic mass is 10.2. The van der Waals surface area contributed by atoms with Crippen LogP contribution in [0, 0.1) is 0 Å². The molecule has 0 saturated heterocycles. The number of halogens is 1. The largest absolute Gasteiger partial charge is 0.507 e. The normalized spacial score (nSPS) is 9.91. The Bertz CT molecular complexity index is 273. The van der Waals surface area contributed by atoms with Crippen molar-refractivity contribution in [2.75, 3.05) is 0 Å². The van der Waals surface area contributed by atoms with E-state index in [-0.39, 0.29) is 17.2 Å². The molecule has 0 heterocycles. The Morgan fingerprint density at radius 2 is 1.55 bits per heavy atom. The van der Waals surface area contributed by atoms with Crippen LogP contribution in [0.15, 0.2) is 12.1 Å². The molecule has 0 amide bonds. The van der Waals surface area contributed by atoms with Crippen molar-refractivity contribution < 1.29 is 15.3 Å². The van der Waals surface area contributed by atoms with Crippen molar-refractivity contribution in [2.45, 2.75) is 4.43 Å². The van der Waals surface area contributed by atoms with Gasteiger partial charge >= 0.3 is 0 Å². The summed E-state index contributed by atoms with van der Waals surface area (Å²) in [5.74, 6) is -0.486. The zero-order chi connectivity index (χ0) is 8.43. The first-order valence-electron chi connectivity index (χ1n) is 2.95. The number of hydrogen-bond acceptors (Lipinski definition) is 3. The molecule has 4 heteroatoms. The standard InChI is InChI=1S/C7H7IO3/c8-3-4-1-6(10)7(11)2-5(4)9/h1-2,9-11H,3H2. The molecule has 3 nitrogen and oxygen atoms in total. The zero-order valence-corrected chi connectivity index (χ0v) is 7.74. The van der Waals surface area contributed by atoms with E-state index in [1.165, 1.54) is 6.07 Å². The molecular formula is C7H7IO3. The first kappa shape index (κ1) is 8.45. The summed E-state index contributed by atoms with van der Waals surface area (Å²) in [6, 6.07) is 2.47. The van der Waals surface area contributed by atoms with Gasteiger partial charge in [0.1, 0.15) is 5.75 Å². The van der Waals surface area contributed by atoms with E-state index in [9.17, 15) is 0 Å². The monoisotopic (exact) mass is 266 g/mol. The number of phenolic OH excluding ortho intramolecular Hbond substituents is 3. The van der Waals surface area contributed by atoms with Gasteiger partial charge in [-0.15, -0.1) is 0 Å². The highest BCUT2D eigenvalue weighted by Crippen LogP contribution is 2.32. The minimum Gasteiger partial charge on any atom is -0.507 e. The molecule has 0 aromatic heterocycles. The third kappa shape index (κ3) is 1.68. The summed E-state index contributed by atoms with van der Waals surface area (Å²) in [4.78, 5) is 0. The molecule has 60 valence electrons. The molecular weight excluding hydrogens is 259 g/mol. The summed E-state index contributed by atoms with van der Waals surface area (Å²) in [6.07, 6.45) is 0. The van der Waals surface area contributed by atoms with Crippen molar-refractivity contribution in [3.8, 4) is 17.2 Å². The van der Waals surface area contributed by atoms with Crippen molar-refractivity contribution in [3.05, 3.63) is 17.7 Å². The summed E-state index contributed by atoms with van der Waals surface area (Å²) >= 11 is 2.05. The minimum atomic E-state index is -0.295. The summed E-state index contributed by atoms with van der Waals surface area (Å²) in [7, 11) is 0. The van der Waals surface area contributed by atoms with Crippen LogP contribution in [0.3, 0.4) is 0 Å². The van der Waals surface area contributed by atoms with Gasteiger partial charge in [-0.25, -0.2) is 0 Å². The van der Waals surface area contributed by atoms with E-state index in [1.54, 1.807) is 0 Å². The van der Waals surface area contributed by atoms with Crippen molar-refractivity contribution >= 4 is 22.6 Å². The molecule has 0 bridgehead atoms. The molecule has 0 atom stereocenters. The fourth-order valence-corrected chi connectivity index (χ4v) is 1.33. The number of benzene rings is 1. The average Bonchev–Trinajstić information content (AvgIpc) is 1.97. The third-order valence-corrected chi connectivity index (χ3v) is 2.14. The maximum atomic E-state index is 9.14. The molecule has 0 aliphatic carbocycles. The summed E-state index contributed by atoms with van der Waals surface area (Å²) < 4.78 is 0.595. The quantitative estimate of drug-likeness (QED) is 0.314. The van der Waals surface area contributed by atoms with Gasteiger partial charge in [-0.1, -0.05) is 22.6 Å². The number of phenols is 3. The predicted octanol–water partition coefficient (Wildman–Crippen LogP) is 1.74. The fourth-order valence-electron chi connectivity index (χ4n) is 0.716. The Hall–Kier alpha value is -0.650. The van der Waals surface area contributed by atoms with Crippen molar-refractivity contribution in [2.24, 2.45) is 0 Å². The van der Waals surface area contributed by atoms with E-state index < -0.39 is 0 Å². The lowest BCUT2D eigenvalue weighted by Crippen LogP contribution is -1.78. The maximum absolute atomic E-state index is 9.14. The van der Waals surface area contributed by atoms with Gasteiger partial charge in [0.15, 0.2) is 11.5 Å². The molecule has 0 radical (unpaired) electrons. The van der Waals surface area contributed by atoms with E-state index in [4.69, 9.17) is 15.3 Å². The molecule has 0 fully saturated rings. The lowest BCUT2D eigenvalue weighted by molar-refractivity contribution is 0.395. The molecule has 0 spiro atoms. The number of rotatable bonds is 1. The van der Waals surface area contributed by atoms with Crippen LogP contribution in [0.1, 0.15) is 5.56 Å². The van der Waals surface area contributed by atoms with Crippen LogP contribution in [0.5, 0.6) is 17.2 Å². The van der Waals surface area contributed by atoms with Gasteiger partial charge in [-0.05, 0) is 6.07 Å². The second-order valence-electron chi connectivity index (χ2n) is 2.10. The highest BCUT2D eigenvalue weighted by atomic mass is 127. The van der Waals surface area contributed by atoms with Gasteiger partial charge in [0.2, 0.25) is 0 Å². The Kier molecular flexibility index (Phi) is 2.43. The molecule has 1 rings (SSSR count). The molecule has 1 aromatic rings. The topological polar surface area (TPSA) is 60.7 Å². The van der Waals surface area contributed by atoms with Crippen LogP contribution in [0.25, 0.3) is 0 Å². The van der Waals surface area contributed by atoms with Crippen molar-refractivity contribution in [1.82, 2.24) is 0 Å². The molecule has 1 aromatic carbocycles. The van der Waals surface area contributed by atoms with Gasteiger partial charge in [0, 0.05) is 16.1 Å². The van der Waals surface area contributed by atoms with E-state index in [2.05, 4.69) is 22.6 Å². The minimum absolute atomic E-state index is 0.00898. The summed E-state index contributed by atoms with van der Waals surface area (Å²) in [5.41, 5.74) is 0.612. The number of alkyl halides is 1. The second kappa shape index (κ2) is 3.17. The predicted molar refractivity (Wildman–Crippen MR) is 49.2 cm³/mol. The molecule has 3 N–H and O–H groups in total. The highest BCUT2D eigenvalue weighted by Gasteiger charge is 2.05. The smallest absolute Gasteiger partial charge is 0.161 e. The fraction of sp³-hybridized carbons (Fsp3) is 0.143. The molecule has 0 aliphatic rings. The van der Waals surface area contributed by atoms with Crippen LogP contribution in [-0.4, -0.2) is 15.3 Å². The van der Waals surface area contributed by atoms with Gasteiger partial charge in [-0.2, -0.15) is 0 Å². The summed E-state index contributed by atoms with van der Waals surface area (Å²) in [6.45, 7) is 0. The molecule has 0 unspecified atom stereocenters. The van der Waals surface area contributed by atoms with E-state index in [0.29, 0.717) is 9.99 Å². The maximum Gasteiger partial charge on any atom is 0.161 e. The molecule has 0 saturated carbocycles. The Labute approximate surface area is 77.4 Å². The van der Waals surface area contributed by atoms with Crippen molar-refractivity contribution in [3.63, 3.8) is 0 Å². The van der Waals surface area contributed by atoms with Gasteiger partial charge < -0.3 is 15.3 Å². The number of hydrogen-bond donors (Lipinski definition) is 3. The van der Waals surface area contributed by atoms with Gasteiger partial charge in [0.25, 0.3) is 0 Å². The lowest BCUT2D eigenvalue weighted by Gasteiger charge is -2.02. The van der Waals surface area contributed by atoms with Crippen LogP contribution < -0.4 is 0 Å². The molecule has 11 heavy (non-hydrogen) atoms. The second-order valence-corrected chi connectivity index (χ2v) is 2.87. The van der Waals surface area contributed by atoms with Crippen LogP contribution >= 0.6 is 22.6 Å².